The van der Waals surface area contributed by atoms with Gasteiger partial charge >= 0.3 is 0 Å². The van der Waals surface area contributed by atoms with E-state index in [0.717, 1.165) is 11.3 Å². The largest absolute Gasteiger partial charge is 0.494 e. The summed E-state index contributed by atoms with van der Waals surface area (Å²) in [5, 5.41) is 18.0. The van der Waals surface area contributed by atoms with Gasteiger partial charge < -0.3 is 15.1 Å². The van der Waals surface area contributed by atoms with Gasteiger partial charge in [-0.15, -0.1) is 0 Å². The number of hydrogen-bond donors (Lipinski definition) is 3. The molecule has 0 saturated carbocycles. The van der Waals surface area contributed by atoms with Crippen LogP contribution in [0, 0.1) is 0 Å². The van der Waals surface area contributed by atoms with Gasteiger partial charge in [-0.2, -0.15) is 0 Å². The number of hydroxylamine groups is 1. The lowest BCUT2D eigenvalue weighted by molar-refractivity contribution is 0.0920. The number of aliphatic hydroxyl groups excluding tert-OH is 1. The average molecular weight is 197 g/mol. The summed E-state index contributed by atoms with van der Waals surface area (Å²) in [5.41, 5.74) is 2.65. The van der Waals surface area contributed by atoms with Crippen molar-refractivity contribution in [2.24, 2.45) is 0 Å². The van der Waals surface area contributed by atoms with Crippen LogP contribution >= 0.6 is 0 Å². The molecule has 14 heavy (non-hydrogen) atoms. The molecule has 3 N–H and O–H groups in total. The first-order valence-corrected chi connectivity index (χ1v) is 4.55. The molecule has 0 aliphatic carbocycles. The van der Waals surface area contributed by atoms with Crippen LogP contribution in [0.3, 0.4) is 0 Å². The molecule has 1 aromatic carbocycles. The van der Waals surface area contributed by atoms with E-state index in [0.29, 0.717) is 6.61 Å². The smallest absolute Gasteiger partial charge is 0.119 e. The third-order valence-corrected chi connectivity index (χ3v) is 1.84. The molecule has 0 heterocycles. The molecule has 0 saturated heterocycles. The zero-order valence-electron chi connectivity index (χ0n) is 8.10. The molecule has 1 aromatic rings. The zero-order chi connectivity index (χ0) is 10.4. The minimum absolute atomic E-state index is 0.107. The lowest BCUT2D eigenvalue weighted by Gasteiger charge is -2.11. The average Bonchev–Trinajstić information content (AvgIpc) is 2.19. The summed E-state index contributed by atoms with van der Waals surface area (Å²) in [6.07, 6.45) is -0.722. The highest BCUT2D eigenvalue weighted by Crippen LogP contribution is 2.18. The van der Waals surface area contributed by atoms with Crippen molar-refractivity contribution in [1.29, 1.82) is 0 Å². The van der Waals surface area contributed by atoms with Crippen LogP contribution in [-0.2, 0) is 0 Å². The minimum Gasteiger partial charge on any atom is -0.494 e. The van der Waals surface area contributed by atoms with Crippen LogP contribution in [0.2, 0.25) is 0 Å². The third kappa shape index (κ3) is 2.99. The Balaban J connectivity index is 2.71. The molecule has 78 valence electrons. The Labute approximate surface area is 83.1 Å². The normalized spacial score (nSPS) is 12.5. The van der Waals surface area contributed by atoms with Gasteiger partial charge in [0, 0.05) is 0 Å². The van der Waals surface area contributed by atoms with Gasteiger partial charge in [0.05, 0.1) is 19.3 Å². The first-order valence-electron chi connectivity index (χ1n) is 4.55. The number of rotatable bonds is 5. The van der Waals surface area contributed by atoms with Crippen molar-refractivity contribution in [2.45, 2.75) is 13.0 Å². The van der Waals surface area contributed by atoms with Crippen molar-refractivity contribution in [3.05, 3.63) is 29.8 Å². The molecule has 1 rings (SSSR count). The van der Waals surface area contributed by atoms with E-state index in [1.165, 1.54) is 0 Å². The fourth-order valence-corrected chi connectivity index (χ4v) is 1.18. The summed E-state index contributed by atoms with van der Waals surface area (Å²) in [7, 11) is 0. The summed E-state index contributed by atoms with van der Waals surface area (Å²) in [6, 6.07) is 7.17. The molecule has 0 aliphatic rings. The van der Waals surface area contributed by atoms with Gasteiger partial charge in [0.15, 0.2) is 0 Å². The number of nitrogens with one attached hydrogen (secondary N) is 1. The lowest BCUT2D eigenvalue weighted by atomic mass is 10.1. The topological polar surface area (TPSA) is 61.7 Å². The van der Waals surface area contributed by atoms with Crippen LogP contribution in [0.4, 0.5) is 0 Å². The standard InChI is InChI=1S/C10H15NO3/c1-2-14-9-5-3-4-8(6-9)10(12)7-11-13/h3-6,10-13H,2,7H2,1H3. The molecule has 0 radical (unpaired) electrons. The van der Waals surface area contributed by atoms with Gasteiger partial charge in [-0.1, -0.05) is 12.1 Å². The van der Waals surface area contributed by atoms with Crippen LogP contribution < -0.4 is 10.2 Å². The van der Waals surface area contributed by atoms with Crippen LogP contribution in [-0.4, -0.2) is 23.5 Å². The van der Waals surface area contributed by atoms with Crippen LogP contribution in [0.15, 0.2) is 24.3 Å². The fourth-order valence-electron chi connectivity index (χ4n) is 1.18. The molecular weight excluding hydrogens is 182 g/mol. The molecule has 0 bridgehead atoms. The van der Waals surface area contributed by atoms with Gasteiger partial charge in [-0.3, -0.25) is 0 Å². The van der Waals surface area contributed by atoms with E-state index in [1.807, 2.05) is 18.5 Å². The highest BCUT2D eigenvalue weighted by atomic mass is 16.5. The fraction of sp³-hybridized carbons (Fsp3) is 0.400. The van der Waals surface area contributed by atoms with Crippen molar-refractivity contribution in [2.75, 3.05) is 13.2 Å². The summed E-state index contributed by atoms with van der Waals surface area (Å²) in [4.78, 5) is 0. The first kappa shape index (κ1) is 11.0. The molecule has 0 fully saturated rings. The van der Waals surface area contributed by atoms with Crippen molar-refractivity contribution in [1.82, 2.24) is 5.48 Å². The van der Waals surface area contributed by atoms with Gasteiger partial charge in [-0.25, -0.2) is 5.48 Å². The summed E-state index contributed by atoms with van der Waals surface area (Å²) in [5.74, 6) is 0.724. The molecule has 1 unspecified atom stereocenters. The number of ether oxygens (including phenoxy) is 1. The van der Waals surface area contributed by atoms with E-state index in [2.05, 4.69) is 0 Å². The van der Waals surface area contributed by atoms with E-state index in [-0.39, 0.29) is 6.54 Å². The van der Waals surface area contributed by atoms with Gasteiger partial charge in [0.2, 0.25) is 0 Å². The third-order valence-electron chi connectivity index (χ3n) is 1.84. The second kappa shape index (κ2) is 5.59. The minimum atomic E-state index is -0.722. The Morgan fingerprint density at radius 3 is 2.93 bits per heavy atom. The maximum atomic E-state index is 9.54. The van der Waals surface area contributed by atoms with Crippen molar-refractivity contribution in [3.63, 3.8) is 0 Å². The van der Waals surface area contributed by atoms with Gasteiger partial charge in [-0.05, 0) is 24.6 Å². The second-order valence-corrected chi connectivity index (χ2v) is 2.88. The van der Waals surface area contributed by atoms with Crippen LogP contribution in [0.1, 0.15) is 18.6 Å². The summed E-state index contributed by atoms with van der Waals surface area (Å²) >= 11 is 0. The Hall–Kier alpha value is -1.10. The van der Waals surface area contributed by atoms with Crippen molar-refractivity contribution in [3.8, 4) is 5.75 Å². The van der Waals surface area contributed by atoms with Gasteiger partial charge in [0.1, 0.15) is 5.75 Å². The maximum Gasteiger partial charge on any atom is 0.119 e. The number of aliphatic hydroxyl groups is 1. The quantitative estimate of drug-likeness (QED) is 0.618. The van der Waals surface area contributed by atoms with Crippen LogP contribution in [0.5, 0.6) is 5.75 Å². The Kier molecular flexibility index (Phi) is 4.39. The molecule has 4 heteroatoms. The molecule has 1 atom stereocenters. The van der Waals surface area contributed by atoms with Gasteiger partial charge in [0.25, 0.3) is 0 Å². The highest BCUT2D eigenvalue weighted by molar-refractivity contribution is 5.29. The van der Waals surface area contributed by atoms with E-state index in [1.54, 1.807) is 18.2 Å². The monoisotopic (exact) mass is 197 g/mol. The van der Waals surface area contributed by atoms with Crippen molar-refractivity contribution < 1.29 is 15.1 Å². The predicted molar refractivity (Wildman–Crippen MR) is 52.4 cm³/mol. The number of benzene rings is 1. The molecule has 0 aromatic heterocycles. The van der Waals surface area contributed by atoms with Crippen LogP contribution in [0.25, 0.3) is 0 Å². The second-order valence-electron chi connectivity index (χ2n) is 2.88. The molecule has 0 amide bonds. The Bertz CT molecular complexity index is 278. The van der Waals surface area contributed by atoms with E-state index in [9.17, 15) is 5.11 Å². The number of hydrogen-bond acceptors (Lipinski definition) is 4. The Morgan fingerprint density at radius 1 is 1.50 bits per heavy atom. The zero-order valence-corrected chi connectivity index (χ0v) is 8.10. The first-order chi connectivity index (χ1) is 6.77. The summed E-state index contributed by atoms with van der Waals surface area (Å²) in [6.45, 7) is 2.60. The molecule has 0 aliphatic heterocycles. The highest BCUT2D eigenvalue weighted by Gasteiger charge is 2.06. The maximum absolute atomic E-state index is 9.54. The predicted octanol–water partition coefficient (Wildman–Crippen LogP) is 1.10. The van der Waals surface area contributed by atoms with E-state index in [4.69, 9.17) is 9.94 Å². The SMILES string of the molecule is CCOc1cccc(C(O)CNO)c1. The molecule has 4 nitrogen and oxygen atoms in total. The van der Waals surface area contributed by atoms with E-state index < -0.39 is 6.10 Å². The Morgan fingerprint density at radius 2 is 2.29 bits per heavy atom. The van der Waals surface area contributed by atoms with E-state index >= 15 is 0 Å². The molecule has 0 spiro atoms. The lowest BCUT2D eigenvalue weighted by Crippen LogP contribution is -2.17. The van der Waals surface area contributed by atoms with Crippen molar-refractivity contribution >= 4 is 0 Å². The molecular formula is C10H15NO3. The summed E-state index contributed by atoms with van der Waals surface area (Å²) < 4.78 is 5.28.